The fourth-order valence-corrected chi connectivity index (χ4v) is 6.80. The summed E-state index contributed by atoms with van der Waals surface area (Å²) in [6.07, 6.45) is 15.9. The quantitative estimate of drug-likeness (QED) is 0.156. The van der Waals surface area contributed by atoms with E-state index in [-0.39, 0.29) is 11.8 Å². The highest BCUT2D eigenvalue weighted by Crippen LogP contribution is 2.50. The third kappa shape index (κ3) is 3.47. The van der Waals surface area contributed by atoms with Crippen molar-refractivity contribution in [2.75, 3.05) is 6.61 Å². The van der Waals surface area contributed by atoms with Crippen molar-refractivity contribution in [2.24, 2.45) is 5.92 Å². The van der Waals surface area contributed by atoms with Crippen LogP contribution in [-0.4, -0.2) is 16.7 Å². The molecule has 2 unspecified atom stereocenters. The van der Waals surface area contributed by atoms with Crippen molar-refractivity contribution in [2.45, 2.75) is 51.4 Å². The van der Waals surface area contributed by atoms with Crippen LogP contribution in [0.1, 0.15) is 57.1 Å². The van der Waals surface area contributed by atoms with E-state index in [1.54, 1.807) is 11.3 Å². The van der Waals surface area contributed by atoms with Crippen LogP contribution in [-0.2, 0) is 0 Å². The van der Waals surface area contributed by atoms with Crippen LogP contribution in [0.2, 0.25) is 0 Å². The average molecular weight is 470 g/mol. The van der Waals surface area contributed by atoms with Crippen molar-refractivity contribution < 1.29 is 9.84 Å². The third-order valence-corrected chi connectivity index (χ3v) is 8.52. The number of fused-ring (bicyclic) bond motifs is 4. The van der Waals surface area contributed by atoms with Gasteiger partial charge in [0.15, 0.2) is 0 Å². The van der Waals surface area contributed by atoms with Crippen LogP contribution in [0.3, 0.4) is 0 Å². The van der Waals surface area contributed by atoms with Gasteiger partial charge < -0.3 is 14.8 Å². The van der Waals surface area contributed by atoms with E-state index in [1.165, 1.54) is 53.1 Å². The minimum Gasteiger partial charge on any atom is -0.511 e. The molecule has 0 radical (unpaired) electrons. The fraction of sp³-hybridized carbons (Fsp3) is 0.333. The SMILES string of the molecule is CCCCCCCCOc1[nH]c2c3c4c(ccc3=C(O)C3C=CC=CC23)c2ccccc2sc1-4. The largest absolute Gasteiger partial charge is 0.511 e. The van der Waals surface area contributed by atoms with Crippen molar-refractivity contribution in [1.82, 2.24) is 4.98 Å². The molecule has 4 aliphatic rings. The first kappa shape index (κ1) is 21.5. The van der Waals surface area contributed by atoms with Gasteiger partial charge in [-0.15, -0.1) is 11.3 Å². The average Bonchev–Trinajstić information content (AvgIpc) is 2.88. The van der Waals surface area contributed by atoms with Crippen LogP contribution in [0.4, 0.5) is 0 Å². The van der Waals surface area contributed by atoms with Crippen molar-refractivity contribution >= 4 is 38.0 Å². The van der Waals surface area contributed by atoms with Gasteiger partial charge in [-0.1, -0.05) is 93.7 Å². The summed E-state index contributed by atoms with van der Waals surface area (Å²) in [5.74, 6) is 1.38. The van der Waals surface area contributed by atoms with E-state index in [1.807, 2.05) is 6.08 Å². The van der Waals surface area contributed by atoms with E-state index >= 15 is 0 Å². The predicted octanol–water partition coefficient (Wildman–Crippen LogP) is 8.01. The van der Waals surface area contributed by atoms with Gasteiger partial charge in [0.1, 0.15) is 5.76 Å². The molecule has 6 rings (SSSR count). The molecule has 2 heterocycles. The van der Waals surface area contributed by atoms with Crippen molar-refractivity contribution in [3.8, 4) is 16.3 Å². The molecule has 2 aromatic rings. The molecule has 2 N–H and O–H groups in total. The first-order valence-corrected chi connectivity index (χ1v) is 13.5. The Morgan fingerprint density at radius 1 is 0.912 bits per heavy atom. The van der Waals surface area contributed by atoms with Crippen LogP contribution in [0.5, 0.6) is 5.88 Å². The topological polar surface area (TPSA) is 45.2 Å². The first-order valence-electron chi connectivity index (χ1n) is 12.6. The highest BCUT2D eigenvalue weighted by atomic mass is 32.1. The van der Waals surface area contributed by atoms with Gasteiger partial charge in [-0.25, -0.2) is 0 Å². The lowest BCUT2D eigenvalue weighted by molar-refractivity contribution is 0.294. The summed E-state index contributed by atoms with van der Waals surface area (Å²) in [5.41, 5.74) is 2.36. The Kier molecular flexibility index (Phi) is 5.70. The molecule has 2 aromatic carbocycles. The summed E-state index contributed by atoms with van der Waals surface area (Å²) in [6, 6.07) is 12.9. The van der Waals surface area contributed by atoms with E-state index in [0.29, 0.717) is 5.76 Å². The monoisotopic (exact) mass is 469 g/mol. The number of ether oxygens (including phenoxy) is 1. The van der Waals surface area contributed by atoms with Crippen LogP contribution in [0, 0.1) is 5.92 Å². The van der Waals surface area contributed by atoms with Crippen molar-refractivity contribution in [1.29, 1.82) is 0 Å². The number of aromatic nitrogens is 1. The van der Waals surface area contributed by atoms with Gasteiger partial charge in [0.25, 0.3) is 0 Å². The number of unbranched alkanes of at least 4 members (excludes halogenated alkanes) is 5. The summed E-state index contributed by atoms with van der Waals surface area (Å²) in [6.45, 7) is 2.98. The zero-order valence-electron chi connectivity index (χ0n) is 19.6. The number of nitrogens with one attached hydrogen (secondary N) is 1. The van der Waals surface area contributed by atoms with Gasteiger partial charge in [-0.2, -0.15) is 0 Å². The maximum atomic E-state index is 11.2. The number of rotatable bonds is 8. The lowest BCUT2D eigenvalue weighted by Crippen LogP contribution is -2.28. The van der Waals surface area contributed by atoms with Gasteiger partial charge >= 0.3 is 0 Å². The number of hydrogen-bond donors (Lipinski definition) is 2. The molecule has 2 aliphatic carbocycles. The highest BCUT2D eigenvalue weighted by molar-refractivity contribution is 7.22. The third-order valence-electron chi connectivity index (χ3n) is 7.35. The number of benzene rings is 2. The molecule has 0 saturated heterocycles. The van der Waals surface area contributed by atoms with Crippen LogP contribution >= 0.6 is 11.3 Å². The first-order chi connectivity index (χ1) is 16.8. The number of H-pyrrole nitrogens is 1. The Hall–Kier alpha value is -2.98. The van der Waals surface area contributed by atoms with Gasteiger partial charge in [0.2, 0.25) is 5.88 Å². The standard InChI is InChI=1S/C30H31NO2S/c1-2-3-4-5-6-11-18-33-30-29-26-20(19-12-9-10-15-24(19)34-29)16-17-23-25(26)27(31-30)21-13-7-8-14-22(21)28(23)32/h7-10,12-17,21-22,31-32H,2-6,11,18H2,1H3. The van der Waals surface area contributed by atoms with E-state index < -0.39 is 0 Å². The minimum absolute atomic E-state index is 0.0389. The zero-order valence-corrected chi connectivity index (χ0v) is 20.5. The van der Waals surface area contributed by atoms with E-state index in [2.05, 4.69) is 66.5 Å². The summed E-state index contributed by atoms with van der Waals surface area (Å²) in [7, 11) is 0. The Morgan fingerprint density at radius 2 is 1.71 bits per heavy atom. The van der Waals surface area contributed by atoms with Crippen LogP contribution in [0.15, 0.2) is 60.7 Å². The molecule has 3 nitrogen and oxygen atoms in total. The Labute approximate surface area is 204 Å². The van der Waals surface area contributed by atoms with Crippen molar-refractivity contribution in [3.63, 3.8) is 0 Å². The predicted molar refractivity (Wildman–Crippen MR) is 144 cm³/mol. The number of aromatic amines is 1. The molecule has 0 aromatic heterocycles. The number of aliphatic hydroxyl groups is 1. The summed E-state index contributed by atoms with van der Waals surface area (Å²) >= 11 is 1.78. The molecular formula is C30H31NO2S. The molecule has 0 fully saturated rings. The summed E-state index contributed by atoms with van der Waals surface area (Å²) in [5, 5.41) is 15.8. The van der Waals surface area contributed by atoms with Gasteiger partial charge in [-0.3, -0.25) is 0 Å². The number of pyridine rings is 1. The smallest absolute Gasteiger partial charge is 0.209 e. The number of hydrogen-bond acceptors (Lipinski definition) is 3. The van der Waals surface area contributed by atoms with E-state index in [4.69, 9.17) is 4.74 Å². The maximum Gasteiger partial charge on any atom is 0.209 e. The Morgan fingerprint density at radius 3 is 2.59 bits per heavy atom. The lowest BCUT2D eigenvalue weighted by atomic mass is 9.77. The summed E-state index contributed by atoms with van der Waals surface area (Å²) < 4.78 is 7.72. The molecule has 2 aliphatic heterocycles. The van der Waals surface area contributed by atoms with Crippen LogP contribution < -0.4 is 9.96 Å². The van der Waals surface area contributed by atoms with Crippen molar-refractivity contribution in [3.05, 3.63) is 71.6 Å². The molecule has 0 bridgehead atoms. The zero-order chi connectivity index (χ0) is 23.1. The number of allylic oxidation sites excluding steroid dienone is 3. The molecule has 2 atom stereocenters. The highest BCUT2D eigenvalue weighted by Gasteiger charge is 2.34. The van der Waals surface area contributed by atoms with Crippen LogP contribution in [0.25, 0.3) is 37.1 Å². The fourth-order valence-electron chi connectivity index (χ4n) is 5.63. The Balaban J connectivity index is 1.51. The van der Waals surface area contributed by atoms with Gasteiger partial charge in [0.05, 0.1) is 11.5 Å². The van der Waals surface area contributed by atoms with Gasteiger partial charge in [-0.05, 0) is 23.3 Å². The molecule has 0 spiro atoms. The number of aliphatic hydroxyl groups excluding tert-OH is 1. The maximum absolute atomic E-state index is 11.2. The molecular weight excluding hydrogens is 438 g/mol. The summed E-state index contributed by atoms with van der Waals surface area (Å²) in [4.78, 5) is 4.86. The second-order valence-electron chi connectivity index (χ2n) is 9.53. The second kappa shape index (κ2) is 8.99. The molecule has 0 saturated carbocycles. The molecule has 4 heteroatoms. The van der Waals surface area contributed by atoms with E-state index in [0.717, 1.165) is 40.1 Å². The molecule has 34 heavy (non-hydrogen) atoms. The normalized spacial score (nSPS) is 18.8. The van der Waals surface area contributed by atoms with Gasteiger partial charge in [0, 0.05) is 38.4 Å². The van der Waals surface area contributed by atoms with E-state index in [9.17, 15) is 5.11 Å². The minimum atomic E-state index is -0.0389. The molecule has 174 valence electrons. The lowest BCUT2D eigenvalue weighted by Gasteiger charge is -2.32. The second-order valence-corrected chi connectivity index (χ2v) is 10.6. The Bertz CT molecular complexity index is 1450. The molecule has 0 amide bonds.